The van der Waals surface area contributed by atoms with Gasteiger partial charge in [-0.15, -0.1) is 0 Å². The smallest absolute Gasteiger partial charge is 0.127 e. The molecule has 0 saturated carbocycles. The molecule has 2 rings (SSSR count). The molecule has 0 amide bonds. The first-order valence-electron chi connectivity index (χ1n) is 6.26. The first-order valence-corrected chi connectivity index (χ1v) is 6.26. The molecule has 3 unspecified atom stereocenters. The zero-order valence-electron chi connectivity index (χ0n) is 10.4. The standard InChI is InChI=1S/C14H20FNO/c1-10-7-8-16(9-14(10)17)11(2)12-5-3-4-6-13(12)15/h3-6,10-11,14,17H,7-9H2,1-2H3. The number of aliphatic hydroxyl groups is 1. The maximum atomic E-state index is 13.7. The minimum atomic E-state index is -0.294. The Morgan fingerprint density at radius 1 is 1.41 bits per heavy atom. The fourth-order valence-electron chi connectivity index (χ4n) is 2.44. The van der Waals surface area contributed by atoms with Crippen molar-refractivity contribution in [1.82, 2.24) is 4.90 Å². The van der Waals surface area contributed by atoms with Crippen LogP contribution >= 0.6 is 0 Å². The summed E-state index contributed by atoms with van der Waals surface area (Å²) >= 11 is 0. The molecule has 0 bridgehead atoms. The highest BCUT2D eigenvalue weighted by Gasteiger charge is 2.28. The van der Waals surface area contributed by atoms with E-state index in [-0.39, 0.29) is 18.0 Å². The van der Waals surface area contributed by atoms with Crippen molar-refractivity contribution in [2.75, 3.05) is 13.1 Å². The van der Waals surface area contributed by atoms with Crippen LogP contribution in [-0.2, 0) is 0 Å². The molecule has 1 aliphatic heterocycles. The predicted octanol–water partition coefficient (Wildman–Crippen LogP) is 2.59. The van der Waals surface area contributed by atoms with Crippen LogP contribution in [0.5, 0.6) is 0 Å². The lowest BCUT2D eigenvalue weighted by molar-refractivity contribution is 0.0123. The van der Waals surface area contributed by atoms with Gasteiger partial charge in [-0.25, -0.2) is 4.39 Å². The van der Waals surface area contributed by atoms with E-state index in [9.17, 15) is 9.50 Å². The van der Waals surface area contributed by atoms with Gasteiger partial charge in [-0.2, -0.15) is 0 Å². The third kappa shape index (κ3) is 2.67. The van der Waals surface area contributed by atoms with Crippen molar-refractivity contribution in [2.24, 2.45) is 5.92 Å². The Morgan fingerprint density at radius 2 is 2.12 bits per heavy atom. The van der Waals surface area contributed by atoms with E-state index in [0.717, 1.165) is 13.0 Å². The number of rotatable bonds is 2. The fraction of sp³-hybridized carbons (Fsp3) is 0.571. The number of hydrogen-bond donors (Lipinski definition) is 1. The summed E-state index contributed by atoms with van der Waals surface area (Å²) in [4.78, 5) is 2.16. The molecule has 1 heterocycles. The van der Waals surface area contributed by atoms with E-state index in [1.54, 1.807) is 6.07 Å². The third-order valence-electron chi connectivity index (χ3n) is 3.85. The zero-order chi connectivity index (χ0) is 12.4. The molecule has 1 aliphatic rings. The normalized spacial score (nSPS) is 28.0. The highest BCUT2D eigenvalue weighted by Crippen LogP contribution is 2.27. The second-order valence-corrected chi connectivity index (χ2v) is 5.03. The summed E-state index contributed by atoms with van der Waals surface area (Å²) < 4.78 is 13.7. The van der Waals surface area contributed by atoms with Gasteiger partial charge < -0.3 is 5.11 Å². The Bertz CT molecular complexity index is 382. The number of likely N-dealkylation sites (tertiary alicyclic amines) is 1. The van der Waals surface area contributed by atoms with Crippen LogP contribution in [0.4, 0.5) is 4.39 Å². The van der Waals surface area contributed by atoms with Gasteiger partial charge in [0.1, 0.15) is 5.82 Å². The lowest BCUT2D eigenvalue weighted by atomic mass is 9.94. The third-order valence-corrected chi connectivity index (χ3v) is 3.85. The number of hydrogen-bond acceptors (Lipinski definition) is 2. The summed E-state index contributed by atoms with van der Waals surface area (Å²) in [6, 6.07) is 6.91. The van der Waals surface area contributed by atoms with E-state index in [0.29, 0.717) is 18.0 Å². The van der Waals surface area contributed by atoms with Gasteiger partial charge in [-0.05, 0) is 31.9 Å². The van der Waals surface area contributed by atoms with Crippen LogP contribution in [0, 0.1) is 11.7 Å². The summed E-state index contributed by atoms with van der Waals surface area (Å²) in [6.45, 7) is 5.63. The SMILES string of the molecule is CC1CCN(C(C)c2ccccc2F)CC1O. The number of halogens is 1. The summed E-state index contributed by atoms with van der Waals surface area (Å²) in [7, 11) is 0. The Kier molecular flexibility index (Phi) is 3.79. The lowest BCUT2D eigenvalue weighted by Crippen LogP contribution is -2.44. The number of aliphatic hydroxyl groups excluding tert-OH is 1. The minimum Gasteiger partial charge on any atom is -0.392 e. The van der Waals surface area contributed by atoms with Crippen LogP contribution in [-0.4, -0.2) is 29.2 Å². The van der Waals surface area contributed by atoms with Crippen LogP contribution in [0.3, 0.4) is 0 Å². The van der Waals surface area contributed by atoms with Crippen molar-refractivity contribution in [3.63, 3.8) is 0 Å². The minimum absolute atomic E-state index is 0.0262. The van der Waals surface area contributed by atoms with Crippen LogP contribution in [0.15, 0.2) is 24.3 Å². The maximum absolute atomic E-state index is 13.7. The molecule has 1 aromatic rings. The first-order chi connectivity index (χ1) is 8.09. The molecule has 17 heavy (non-hydrogen) atoms. The summed E-state index contributed by atoms with van der Waals surface area (Å²) in [6.07, 6.45) is 0.679. The second kappa shape index (κ2) is 5.15. The Balaban J connectivity index is 2.10. The van der Waals surface area contributed by atoms with Gasteiger partial charge >= 0.3 is 0 Å². The van der Waals surface area contributed by atoms with Gasteiger partial charge in [0.2, 0.25) is 0 Å². The van der Waals surface area contributed by atoms with Gasteiger partial charge in [0.15, 0.2) is 0 Å². The maximum Gasteiger partial charge on any atom is 0.127 e. The Hall–Kier alpha value is -0.930. The summed E-state index contributed by atoms with van der Waals surface area (Å²) in [5.74, 6) is 0.187. The van der Waals surface area contributed by atoms with E-state index in [2.05, 4.69) is 11.8 Å². The molecule has 2 nitrogen and oxygen atoms in total. The molecule has 94 valence electrons. The predicted molar refractivity (Wildman–Crippen MR) is 66.2 cm³/mol. The molecule has 1 N–H and O–H groups in total. The molecule has 3 heteroatoms. The van der Waals surface area contributed by atoms with Gasteiger partial charge in [-0.1, -0.05) is 25.1 Å². The fourth-order valence-corrected chi connectivity index (χ4v) is 2.44. The molecule has 0 spiro atoms. The van der Waals surface area contributed by atoms with E-state index in [1.807, 2.05) is 19.1 Å². The van der Waals surface area contributed by atoms with Gasteiger partial charge in [-0.3, -0.25) is 4.90 Å². The van der Waals surface area contributed by atoms with Crippen molar-refractivity contribution in [2.45, 2.75) is 32.4 Å². The monoisotopic (exact) mass is 237 g/mol. The van der Waals surface area contributed by atoms with Gasteiger partial charge in [0, 0.05) is 18.2 Å². The van der Waals surface area contributed by atoms with Crippen molar-refractivity contribution in [3.05, 3.63) is 35.6 Å². The zero-order valence-corrected chi connectivity index (χ0v) is 10.4. The first kappa shape index (κ1) is 12.5. The van der Waals surface area contributed by atoms with Crippen molar-refractivity contribution >= 4 is 0 Å². The van der Waals surface area contributed by atoms with Gasteiger partial charge in [0.25, 0.3) is 0 Å². The molecule has 3 atom stereocenters. The molecule has 0 aromatic heterocycles. The van der Waals surface area contributed by atoms with Crippen LogP contribution < -0.4 is 0 Å². The van der Waals surface area contributed by atoms with Crippen LogP contribution in [0.1, 0.15) is 31.9 Å². The molecule has 0 aliphatic carbocycles. The molecule has 1 saturated heterocycles. The van der Waals surface area contributed by atoms with E-state index in [4.69, 9.17) is 0 Å². The highest BCUT2D eigenvalue weighted by molar-refractivity contribution is 5.20. The van der Waals surface area contributed by atoms with E-state index in [1.165, 1.54) is 6.07 Å². The van der Waals surface area contributed by atoms with E-state index < -0.39 is 0 Å². The number of piperidine rings is 1. The molecule has 0 radical (unpaired) electrons. The summed E-state index contributed by atoms with van der Waals surface area (Å²) in [5.41, 5.74) is 0.717. The molecule has 1 aromatic carbocycles. The highest BCUT2D eigenvalue weighted by atomic mass is 19.1. The number of benzene rings is 1. The molecular weight excluding hydrogens is 217 g/mol. The summed E-state index contributed by atoms with van der Waals surface area (Å²) in [5, 5.41) is 9.88. The topological polar surface area (TPSA) is 23.5 Å². The largest absolute Gasteiger partial charge is 0.392 e. The Morgan fingerprint density at radius 3 is 2.76 bits per heavy atom. The average Bonchev–Trinajstić information content (AvgIpc) is 2.32. The van der Waals surface area contributed by atoms with Crippen LogP contribution in [0.2, 0.25) is 0 Å². The van der Waals surface area contributed by atoms with Crippen molar-refractivity contribution < 1.29 is 9.50 Å². The number of nitrogens with zero attached hydrogens (tertiary/aromatic N) is 1. The number of β-amino-alcohol motifs (C(OH)–C–C–N with tert-alkyl or cyclic N) is 1. The average molecular weight is 237 g/mol. The molecule has 1 fully saturated rings. The van der Waals surface area contributed by atoms with Gasteiger partial charge in [0.05, 0.1) is 6.10 Å². The quantitative estimate of drug-likeness (QED) is 0.854. The van der Waals surface area contributed by atoms with E-state index >= 15 is 0 Å². The Labute approximate surface area is 102 Å². The van der Waals surface area contributed by atoms with Crippen molar-refractivity contribution in [3.8, 4) is 0 Å². The van der Waals surface area contributed by atoms with Crippen LogP contribution in [0.25, 0.3) is 0 Å². The van der Waals surface area contributed by atoms with Crippen molar-refractivity contribution in [1.29, 1.82) is 0 Å². The second-order valence-electron chi connectivity index (χ2n) is 5.03. The molecular formula is C14H20FNO. The lowest BCUT2D eigenvalue weighted by Gasteiger charge is -2.38.